The van der Waals surface area contributed by atoms with Crippen LogP contribution >= 0.6 is 23.2 Å². The molecule has 2 N–H and O–H groups in total. The third kappa shape index (κ3) is 4.90. The average Bonchev–Trinajstić information content (AvgIpc) is 3.15. The number of tetrazole rings is 1. The van der Waals surface area contributed by atoms with Gasteiger partial charge in [0, 0.05) is 19.3 Å². The molecule has 0 unspecified atom stereocenters. The number of hydrogen-bond acceptors (Lipinski definition) is 6. The fourth-order valence-corrected chi connectivity index (χ4v) is 2.67. The summed E-state index contributed by atoms with van der Waals surface area (Å²) in [6.45, 7) is 0.945. The summed E-state index contributed by atoms with van der Waals surface area (Å²) in [4.78, 5) is 16.1. The van der Waals surface area contributed by atoms with Crippen molar-refractivity contribution in [2.24, 2.45) is 0 Å². The molecule has 0 aliphatic rings. The van der Waals surface area contributed by atoms with Crippen molar-refractivity contribution in [3.05, 3.63) is 58.5 Å². The number of nitrogens with one attached hydrogen (secondary N) is 2. The fraction of sp³-hybridized carbons (Fsp3) is 0.188. The SMILES string of the molecule is O=C(Cc1ccc(-n2cnnn2)cc1)NCCNc1ncc(Cl)cc1Cl. The number of carbonyl (C=O) groups is 1. The van der Waals surface area contributed by atoms with Crippen molar-refractivity contribution in [3.8, 4) is 5.69 Å². The van der Waals surface area contributed by atoms with Crippen molar-refractivity contribution in [1.29, 1.82) is 0 Å². The highest BCUT2D eigenvalue weighted by Crippen LogP contribution is 2.21. The van der Waals surface area contributed by atoms with E-state index in [0.717, 1.165) is 11.3 Å². The van der Waals surface area contributed by atoms with Crippen molar-refractivity contribution in [2.45, 2.75) is 6.42 Å². The second kappa shape index (κ2) is 8.59. The maximum atomic E-state index is 12.0. The first kappa shape index (κ1) is 18.1. The number of aromatic nitrogens is 5. The number of anilines is 1. The van der Waals surface area contributed by atoms with E-state index in [1.807, 2.05) is 24.3 Å². The molecular formula is C16H15Cl2N7O. The molecule has 0 saturated carbocycles. The van der Waals surface area contributed by atoms with Crippen LogP contribution in [0, 0.1) is 0 Å². The number of pyridine rings is 1. The maximum absolute atomic E-state index is 12.0. The molecule has 0 aliphatic carbocycles. The van der Waals surface area contributed by atoms with Crippen molar-refractivity contribution in [2.75, 3.05) is 18.4 Å². The number of nitrogens with zero attached hydrogens (tertiary/aromatic N) is 5. The van der Waals surface area contributed by atoms with Crippen LogP contribution in [0.25, 0.3) is 5.69 Å². The standard InChI is InChI=1S/C16H15Cl2N7O/c17-12-8-14(18)16(21-9-12)20-6-5-19-15(26)7-11-1-3-13(4-2-11)25-10-22-23-24-25/h1-4,8-10H,5-7H2,(H,19,26)(H,20,21). The minimum absolute atomic E-state index is 0.0721. The van der Waals surface area contributed by atoms with Crippen LogP contribution in [-0.4, -0.2) is 44.2 Å². The highest BCUT2D eigenvalue weighted by atomic mass is 35.5. The minimum atomic E-state index is -0.0721. The lowest BCUT2D eigenvalue weighted by Gasteiger charge is -2.09. The van der Waals surface area contributed by atoms with Crippen LogP contribution < -0.4 is 10.6 Å². The Balaban J connectivity index is 1.42. The quantitative estimate of drug-likeness (QED) is 0.598. The largest absolute Gasteiger partial charge is 0.367 e. The van der Waals surface area contributed by atoms with Gasteiger partial charge in [-0.05, 0) is 34.2 Å². The van der Waals surface area contributed by atoms with Gasteiger partial charge in [0.2, 0.25) is 5.91 Å². The molecule has 8 nitrogen and oxygen atoms in total. The summed E-state index contributed by atoms with van der Waals surface area (Å²) in [7, 11) is 0. The van der Waals surface area contributed by atoms with Gasteiger partial charge in [-0.15, -0.1) is 5.10 Å². The Hall–Kier alpha value is -2.71. The first-order valence-corrected chi connectivity index (χ1v) is 8.51. The Morgan fingerprint density at radius 1 is 1.15 bits per heavy atom. The number of benzene rings is 1. The highest BCUT2D eigenvalue weighted by molar-refractivity contribution is 6.35. The Bertz CT molecular complexity index is 869. The van der Waals surface area contributed by atoms with Crippen LogP contribution in [0.15, 0.2) is 42.9 Å². The zero-order valence-corrected chi connectivity index (χ0v) is 15.1. The molecule has 10 heteroatoms. The van der Waals surface area contributed by atoms with E-state index in [4.69, 9.17) is 23.2 Å². The topological polar surface area (TPSA) is 97.6 Å². The van der Waals surface area contributed by atoms with Crippen molar-refractivity contribution < 1.29 is 4.79 Å². The lowest BCUT2D eigenvalue weighted by Crippen LogP contribution is -2.30. The molecule has 3 aromatic rings. The van der Waals surface area contributed by atoms with Crippen LogP contribution in [0.1, 0.15) is 5.56 Å². The molecule has 0 bridgehead atoms. The average molecular weight is 392 g/mol. The van der Waals surface area contributed by atoms with Crippen molar-refractivity contribution in [3.63, 3.8) is 0 Å². The molecule has 1 amide bonds. The number of rotatable bonds is 7. The van der Waals surface area contributed by atoms with Gasteiger partial charge >= 0.3 is 0 Å². The van der Waals surface area contributed by atoms with E-state index in [0.29, 0.717) is 29.0 Å². The van der Waals surface area contributed by atoms with Crippen LogP contribution in [0.5, 0.6) is 0 Å². The van der Waals surface area contributed by atoms with Gasteiger partial charge < -0.3 is 10.6 Å². The number of carbonyl (C=O) groups excluding carboxylic acids is 1. The van der Waals surface area contributed by atoms with Gasteiger partial charge in [-0.3, -0.25) is 4.79 Å². The second-order valence-electron chi connectivity index (χ2n) is 5.36. The number of hydrogen-bond donors (Lipinski definition) is 2. The minimum Gasteiger partial charge on any atom is -0.367 e. The summed E-state index contributed by atoms with van der Waals surface area (Å²) in [5.74, 6) is 0.459. The molecule has 2 heterocycles. The van der Waals surface area contributed by atoms with E-state index in [1.165, 1.54) is 12.5 Å². The van der Waals surface area contributed by atoms with Crippen molar-refractivity contribution >= 4 is 34.9 Å². The first-order valence-electron chi connectivity index (χ1n) is 7.76. The Labute approximate surface area is 159 Å². The molecule has 0 atom stereocenters. The molecule has 26 heavy (non-hydrogen) atoms. The van der Waals surface area contributed by atoms with Gasteiger partial charge in [-0.25, -0.2) is 9.67 Å². The van der Waals surface area contributed by atoms with Gasteiger partial charge in [0.15, 0.2) is 0 Å². The molecule has 0 radical (unpaired) electrons. The summed E-state index contributed by atoms with van der Waals surface area (Å²) < 4.78 is 1.55. The normalized spacial score (nSPS) is 10.5. The summed E-state index contributed by atoms with van der Waals surface area (Å²) in [5, 5.41) is 17.8. The second-order valence-corrected chi connectivity index (χ2v) is 6.20. The third-order valence-corrected chi connectivity index (χ3v) is 3.96. The molecule has 0 fully saturated rings. The predicted octanol–water partition coefficient (Wildman–Crippen LogP) is 2.13. The molecule has 2 aromatic heterocycles. The summed E-state index contributed by atoms with van der Waals surface area (Å²) in [5.41, 5.74) is 1.73. The van der Waals surface area contributed by atoms with Gasteiger partial charge in [-0.2, -0.15) is 0 Å². The molecular weight excluding hydrogens is 377 g/mol. The van der Waals surface area contributed by atoms with Gasteiger partial charge in [-0.1, -0.05) is 35.3 Å². The maximum Gasteiger partial charge on any atom is 0.224 e. The Morgan fingerprint density at radius 2 is 1.96 bits per heavy atom. The zero-order chi connectivity index (χ0) is 18.4. The van der Waals surface area contributed by atoms with E-state index >= 15 is 0 Å². The molecule has 3 rings (SSSR count). The molecule has 0 aliphatic heterocycles. The Kier molecular flexibility index (Phi) is 5.98. The van der Waals surface area contributed by atoms with E-state index in [9.17, 15) is 4.79 Å². The van der Waals surface area contributed by atoms with E-state index in [-0.39, 0.29) is 12.3 Å². The van der Waals surface area contributed by atoms with Gasteiger partial charge in [0.1, 0.15) is 12.1 Å². The van der Waals surface area contributed by atoms with Gasteiger partial charge in [0.25, 0.3) is 0 Å². The van der Waals surface area contributed by atoms with Crippen LogP contribution in [0.4, 0.5) is 5.82 Å². The fourth-order valence-electron chi connectivity index (χ4n) is 2.22. The predicted molar refractivity (Wildman–Crippen MR) is 98.6 cm³/mol. The number of amides is 1. The van der Waals surface area contributed by atoms with Crippen molar-refractivity contribution in [1.82, 2.24) is 30.5 Å². The molecule has 0 saturated heterocycles. The summed E-state index contributed by atoms with van der Waals surface area (Å²) in [6.07, 6.45) is 3.31. The molecule has 1 aromatic carbocycles. The summed E-state index contributed by atoms with van der Waals surface area (Å²) in [6, 6.07) is 9.05. The molecule has 0 spiro atoms. The van der Waals surface area contributed by atoms with Crippen LogP contribution in [-0.2, 0) is 11.2 Å². The first-order chi connectivity index (χ1) is 12.6. The lowest BCUT2D eigenvalue weighted by molar-refractivity contribution is -0.120. The number of halogens is 2. The van der Waals surface area contributed by atoms with E-state index in [2.05, 4.69) is 31.1 Å². The van der Waals surface area contributed by atoms with E-state index in [1.54, 1.807) is 10.7 Å². The Morgan fingerprint density at radius 3 is 2.65 bits per heavy atom. The third-order valence-electron chi connectivity index (χ3n) is 3.46. The lowest BCUT2D eigenvalue weighted by atomic mass is 10.1. The summed E-state index contributed by atoms with van der Waals surface area (Å²) >= 11 is 11.8. The smallest absolute Gasteiger partial charge is 0.224 e. The van der Waals surface area contributed by atoms with E-state index < -0.39 is 0 Å². The molecule has 134 valence electrons. The van der Waals surface area contributed by atoms with Crippen LogP contribution in [0.2, 0.25) is 10.0 Å². The highest BCUT2D eigenvalue weighted by Gasteiger charge is 2.05. The van der Waals surface area contributed by atoms with Crippen LogP contribution in [0.3, 0.4) is 0 Å². The van der Waals surface area contributed by atoms with Gasteiger partial charge in [0.05, 0.1) is 22.2 Å². The monoisotopic (exact) mass is 391 g/mol. The zero-order valence-electron chi connectivity index (χ0n) is 13.6.